The largest absolute Gasteiger partial charge is 0.466 e. The molecule has 0 atom stereocenters. The second-order valence-corrected chi connectivity index (χ2v) is 3.84. The number of carbonyl (C=O) groups is 1. The van der Waals surface area contributed by atoms with Crippen LogP contribution in [0.2, 0.25) is 0 Å². The molecule has 0 aromatic rings. The van der Waals surface area contributed by atoms with Crippen molar-refractivity contribution in [3.8, 4) is 0 Å². The summed E-state index contributed by atoms with van der Waals surface area (Å²) in [5, 5.41) is 0. The highest BCUT2D eigenvalue weighted by Crippen LogP contribution is 2.25. The molecule has 0 saturated carbocycles. The van der Waals surface area contributed by atoms with Crippen molar-refractivity contribution in [1.29, 1.82) is 0 Å². The molecule has 0 radical (unpaired) electrons. The molecule has 0 saturated heterocycles. The van der Waals surface area contributed by atoms with E-state index in [2.05, 4.69) is 0 Å². The summed E-state index contributed by atoms with van der Waals surface area (Å²) < 4.78 is 8.88. The van der Waals surface area contributed by atoms with Crippen LogP contribution in [0.4, 0.5) is 0 Å². The van der Waals surface area contributed by atoms with Crippen LogP contribution in [0.25, 0.3) is 0 Å². The van der Waals surface area contributed by atoms with Gasteiger partial charge in [-0.3, -0.25) is 4.79 Å². The van der Waals surface area contributed by atoms with Crippen molar-refractivity contribution >= 4 is 13.7 Å². The van der Waals surface area contributed by atoms with E-state index >= 15 is 0 Å². The van der Waals surface area contributed by atoms with Gasteiger partial charge in [0.05, 0.1) is 0 Å². The van der Waals surface area contributed by atoms with Crippen LogP contribution >= 0.6 is 7.82 Å². The summed E-state index contributed by atoms with van der Waals surface area (Å²) in [6, 6.07) is 0. The van der Waals surface area contributed by atoms with Gasteiger partial charge in [0.25, 0.3) is 0 Å². The normalized spacial score (nSPS) is 10.0. The molecule has 5 N–H and O–H groups in total. The molecule has 0 heterocycles. The fourth-order valence-electron chi connectivity index (χ4n) is 0.955. The van der Waals surface area contributed by atoms with Gasteiger partial charge in [-0.05, 0) is 19.8 Å². The van der Waals surface area contributed by atoms with Gasteiger partial charge < -0.3 is 20.4 Å². The molecule has 6 nitrogen and oxygen atoms in total. The highest BCUT2D eigenvalue weighted by Gasteiger charge is 2.02. The van der Waals surface area contributed by atoms with Crippen LogP contribution in [0.1, 0.15) is 33.6 Å². The number of nitrogens with two attached hydrogens (primary N) is 1. The van der Waals surface area contributed by atoms with Gasteiger partial charge >= 0.3 is 7.82 Å². The van der Waals surface area contributed by atoms with Crippen molar-refractivity contribution in [2.75, 3.05) is 0 Å². The van der Waals surface area contributed by atoms with Crippen LogP contribution in [0, 0.1) is 0 Å². The zero-order valence-corrected chi connectivity index (χ0v) is 9.99. The van der Waals surface area contributed by atoms with E-state index in [4.69, 9.17) is 25.0 Å². The molecule has 1 amide bonds. The summed E-state index contributed by atoms with van der Waals surface area (Å²) in [6.45, 7) is 5.85. The van der Waals surface area contributed by atoms with Gasteiger partial charge in [-0.1, -0.05) is 19.4 Å². The molecule has 15 heavy (non-hydrogen) atoms. The van der Waals surface area contributed by atoms with E-state index in [1.165, 1.54) is 0 Å². The van der Waals surface area contributed by atoms with Crippen LogP contribution in [0.3, 0.4) is 0 Å². The fraction of sp³-hybridized carbons (Fsp3) is 0.625. The Balaban J connectivity index is 0. The third-order valence-corrected chi connectivity index (χ3v) is 1.75. The number of primary amides is 1. The Morgan fingerprint density at radius 2 is 1.47 bits per heavy atom. The fourth-order valence-corrected chi connectivity index (χ4v) is 0.955. The van der Waals surface area contributed by atoms with Gasteiger partial charge in [-0.25, -0.2) is 4.57 Å². The average molecular weight is 239 g/mol. The predicted molar refractivity (Wildman–Crippen MR) is 56.7 cm³/mol. The maximum absolute atomic E-state index is 10.6. The van der Waals surface area contributed by atoms with Crippen molar-refractivity contribution in [1.82, 2.24) is 0 Å². The number of allylic oxidation sites excluding steroid dienone is 1. The van der Waals surface area contributed by atoms with E-state index in [1.54, 1.807) is 6.92 Å². The molecule has 0 rings (SSSR count). The number of rotatable bonds is 3. The van der Waals surface area contributed by atoms with E-state index in [-0.39, 0.29) is 5.91 Å². The minimum atomic E-state index is -4.64. The van der Waals surface area contributed by atoms with E-state index in [9.17, 15) is 4.79 Å². The minimum Gasteiger partial charge on any atom is -0.366 e. The quantitative estimate of drug-likeness (QED) is 0.426. The zero-order valence-electron chi connectivity index (χ0n) is 9.10. The van der Waals surface area contributed by atoms with Crippen LogP contribution < -0.4 is 5.73 Å². The SMILES string of the molecule is CCC(CC)=C(C)C(N)=O.O=P(O)(O)O. The standard InChI is InChI=1S/C8H15NO.H3O4P/c1-4-7(5-2)6(3)8(9)10;1-5(2,3)4/h4-5H2,1-3H3,(H2,9,10);(H3,1,2,3,4). The summed E-state index contributed by atoms with van der Waals surface area (Å²) in [4.78, 5) is 32.2. The highest BCUT2D eigenvalue weighted by atomic mass is 31.2. The second kappa shape index (κ2) is 7.59. The number of carbonyl (C=O) groups excluding carboxylic acids is 1. The van der Waals surface area contributed by atoms with E-state index in [0.29, 0.717) is 0 Å². The predicted octanol–water partition coefficient (Wildman–Crippen LogP) is 0.680. The van der Waals surface area contributed by atoms with Crippen LogP contribution in [-0.4, -0.2) is 20.6 Å². The lowest BCUT2D eigenvalue weighted by Gasteiger charge is -2.02. The highest BCUT2D eigenvalue weighted by molar-refractivity contribution is 7.45. The molecule has 0 aromatic carbocycles. The molecule has 0 aliphatic heterocycles. The maximum Gasteiger partial charge on any atom is 0.466 e. The molecule has 0 bridgehead atoms. The first-order chi connectivity index (χ1) is 6.63. The average Bonchev–Trinajstić information content (AvgIpc) is 2.03. The first kappa shape index (κ1) is 16.7. The summed E-state index contributed by atoms with van der Waals surface area (Å²) in [7, 11) is -4.64. The summed E-state index contributed by atoms with van der Waals surface area (Å²) >= 11 is 0. The summed E-state index contributed by atoms with van der Waals surface area (Å²) in [5.74, 6) is -0.293. The first-order valence-electron chi connectivity index (χ1n) is 4.40. The van der Waals surface area contributed by atoms with Crippen molar-refractivity contribution < 1.29 is 24.0 Å². The molecule has 0 aromatic heterocycles. The molecular weight excluding hydrogens is 221 g/mol. The monoisotopic (exact) mass is 239 g/mol. The van der Waals surface area contributed by atoms with Crippen molar-refractivity contribution in [2.24, 2.45) is 5.73 Å². The Morgan fingerprint density at radius 1 is 1.20 bits per heavy atom. The first-order valence-corrected chi connectivity index (χ1v) is 5.96. The van der Waals surface area contributed by atoms with Gasteiger partial charge in [-0.15, -0.1) is 0 Å². The molecule has 0 fully saturated rings. The Morgan fingerprint density at radius 3 is 1.53 bits per heavy atom. The molecule has 0 spiro atoms. The lowest BCUT2D eigenvalue weighted by molar-refractivity contribution is -0.114. The van der Waals surface area contributed by atoms with Crippen LogP contribution in [-0.2, 0) is 9.36 Å². The van der Waals surface area contributed by atoms with Crippen molar-refractivity contribution in [3.63, 3.8) is 0 Å². The van der Waals surface area contributed by atoms with Gasteiger partial charge in [0.2, 0.25) is 5.91 Å². The molecular formula is C8H18NO5P. The van der Waals surface area contributed by atoms with Gasteiger partial charge in [0.15, 0.2) is 0 Å². The second-order valence-electron chi connectivity index (χ2n) is 2.81. The van der Waals surface area contributed by atoms with Crippen molar-refractivity contribution in [3.05, 3.63) is 11.1 Å². The zero-order chi connectivity index (χ0) is 12.6. The topological polar surface area (TPSA) is 121 Å². The van der Waals surface area contributed by atoms with Crippen molar-refractivity contribution in [2.45, 2.75) is 33.6 Å². The van der Waals surface area contributed by atoms with Crippen LogP contribution in [0.5, 0.6) is 0 Å². The Kier molecular flexibility index (Phi) is 8.47. The smallest absolute Gasteiger partial charge is 0.366 e. The molecule has 0 aliphatic rings. The number of hydrogen-bond acceptors (Lipinski definition) is 2. The maximum atomic E-state index is 10.6. The third-order valence-electron chi connectivity index (χ3n) is 1.75. The molecule has 7 heteroatoms. The van der Waals surface area contributed by atoms with E-state index in [1.807, 2.05) is 13.8 Å². The molecule has 90 valence electrons. The van der Waals surface area contributed by atoms with Gasteiger partial charge in [0, 0.05) is 5.57 Å². The lowest BCUT2D eigenvalue weighted by atomic mass is 10.0. The lowest BCUT2D eigenvalue weighted by Crippen LogP contribution is -2.13. The van der Waals surface area contributed by atoms with Gasteiger partial charge in [-0.2, -0.15) is 0 Å². The number of amides is 1. The van der Waals surface area contributed by atoms with Gasteiger partial charge in [0.1, 0.15) is 0 Å². The molecule has 0 aliphatic carbocycles. The van der Waals surface area contributed by atoms with E-state index < -0.39 is 7.82 Å². The Hall–Kier alpha value is -0.680. The summed E-state index contributed by atoms with van der Waals surface area (Å²) in [6.07, 6.45) is 1.84. The molecule has 0 unspecified atom stereocenters. The Labute approximate surface area is 89.0 Å². The minimum absolute atomic E-state index is 0.293. The summed E-state index contributed by atoms with van der Waals surface area (Å²) in [5.41, 5.74) is 6.98. The van der Waals surface area contributed by atoms with E-state index in [0.717, 1.165) is 24.0 Å². The van der Waals surface area contributed by atoms with Crippen LogP contribution in [0.15, 0.2) is 11.1 Å². The Bertz CT molecular complexity index is 266. The third kappa shape index (κ3) is 13.3. The number of phosphoric acid groups is 1. The number of hydrogen-bond donors (Lipinski definition) is 4.